The van der Waals surface area contributed by atoms with E-state index in [1.807, 2.05) is 6.08 Å². The molecule has 0 aliphatic heterocycles. The van der Waals surface area contributed by atoms with Crippen molar-refractivity contribution in [2.75, 3.05) is 0 Å². The van der Waals surface area contributed by atoms with Crippen LogP contribution >= 0.6 is 0 Å². The number of rotatable bonds is 6. The Balaban J connectivity index is 2.06. The van der Waals surface area contributed by atoms with E-state index in [-0.39, 0.29) is 11.5 Å². The fraction of sp³-hybridized carbons (Fsp3) is 0.680. The molecule has 28 heavy (non-hydrogen) atoms. The van der Waals surface area contributed by atoms with Gasteiger partial charge < -0.3 is 15.3 Å². The normalized spacial score (nSPS) is 32.5. The van der Waals surface area contributed by atoms with E-state index in [4.69, 9.17) is 0 Å². The molecule has 0 heterocycles. The summed E-state index contributed by atoms with van der Waals surface area (Å²) in [7, 11) is 0. The Kier molecular flexibility index (Phi) is 7.89. The summed E-state index contributed by atoms with van der Waals surface area (Å²) in [5.41, 5.74) is 4.78. The zero-order chi connectivity index (χ0) is 21.1. The minimum Gasteiger partial charge on any atom is -0.393 e. The Hall–Kier alpha value is -1.16. The molecule has 4 atom stereocenters. The van der Waals surface area contributed by atoms with Crippen LogP contribution in [-0.4, -0.2) is 33.6 Å². The van der Waals surface area contributed by atoms with Gasteiger partial charge in [-0.3, -0.25) is 0 Å². The maximum Gasteiger partial charge on any atom is 0.0811 e. The van der Waals surface area contributed by atoms with Gasteiger partial charge in [-0.1, -0.05) is 63.6 Å². The molecule has 158 valence electrons. The van der Waals surface area contributed by atoms with Gasteiger partial charge in [0.2, 0.25) is 0 Å². The van der Waals surface area contributed by atoms with Gasteiger partial charge in [-0.05, 0) is 67.4 Å². The van der Waals surface area contributed by atoms with Crippen molar-refractivity contribution in [1.29, 1.82) is 0 Å². The summed E-state index contributed by atoms with van der Waals surface area (Å²) in [6.07, 6.45) is 10.0. The van der Waals surface area contributed by atoms with E-state index in [1.165, 1.54) is 5.57 Å². The SMILES string of the molecule is C=C1/C(=C\C=C\[C@@H]2CC/C(=C(/C)CC[C@H](O)C(C)C)C2(C)C)C[C@@H](O)C[C@@H]1O. The highest BCUT2D eigenvalue weighted by atomic mass is 16.3. The van der Waals surface area contributed by atoms with E-state index in [2.05, 4.69) is 53.3 Å². The van der Waals surface area contributed by atoms with Gasteiger partial charge in [0.15, 0.2) is 0 Å². The molecule has 0 aromatic rings. The van der Waals surface area contributed by atoms with E-state index in [9.17, 15) is 15.3 Å². The first-order chi connectivity index (χ1) is 13.0. The maximum absolute atomic E-state index is 10.1. The molecule has 0 aromatic heterocycles. The first kappa shape index (κ1) is 23.1. The van der Waals surface area contributed by atoms with Crippen LogP contribution in [0.4, 0.5) is 0 Å². The standard InChI is InChI=1S/C25H40O3/c1-16(2)23(27)13-10-17(3)22-12-11-20(25(22,5)6)9-7-8-19-14-21(26)15-24(28)18(19)4/h7-9,16,20-21,23-24,26-28H,4,10-15H2,1-3,5-6H3/b9-7+,19-8-,22-17+/t20-,21-,23+,24+/m1/s1. The largest absolute Gasteiger partial charge is 0.393 e. The lowest BCUT2D eigenvalue weighted by atomic mass is 9.76. The van der Waals surface area contributed by atoms with Crippen molar-refractivity contribution < 1.29 is 15.3 Å². The molecule has 0 bridgehead atoms. The van der Waals surface area contributed by atoms with Crippen LogP contribution in [0, 0.1) is 17.3 Å². The van der Waals surface area contributed by atoms with Crippen molar-refractivity contribution in [3.05, 3.63) is 47.1 Å². The summed E-state index contributed by atoms with van der Waals surface area (Å²) in [4.78, 5) is 0. The summed E-state index contributed by atoms with van der Waals surface area (Å²) in [5, 5.41) is 30.0. The van der Waals surface area contributed by atoms with Gasteiger partial charge in [0.1, 0.15) is 0 Å². The lowest BCUT2D eigenvalue weighted by molar-refractivity contribution is 0.0862. The van der Waals surface area contributed by atoms with Crippen LogP contribution in [0.25, 0.3) is 0 Å². The third kappa shape index (κ3) is 5.46. The molecule has 3 heteroatoms. The van der Waals surface area contributed by atoms with Gasteiger partial charge in [0, 0.05) is 6.42 Å². The van der Waals surface area contributed by atoms with Gasteiger partial charge in [-0.2, -0.15) is 0 Å². The summed E-state index contributed by atoms with van der Waals surface area (Å²) < 4.78 is 0. The number of allylic oxidation sites excluding steroid dienone is 5. The molecule has 2 aliphatic carbocycles. The lowest BCUT2D eigenvalue weighted by Crippen LogP contribution is -2.26. The second-order valence-corrected chi connectivity index (χ2v) is 9.69. The average molecular weight is 389 g/mol. The van der Waals surface area contributed by atoms with Crippen LogP contribution in [-0.2, 0) is 0 Å². The van der Waals surface area contributed by atoms with Crippen LogP contribution < -0.4 is 0 Å². The Labute approximate surface area is 171 Å². The smallest absolute Gasteiger partial charge is 0.0811 e. The van der Waals surface area contributed by atoms with Crippen LogP contribution in [0.2, 0.25) is 0 Å². The highest BCUT2D eigenvalue weighted by Crippen LogP contribution is 2.49. The summed E-state index contributed by atoms with van der Waals surface area (Å²) in [5.74, 6) is 0.778. The molecule has 0 radical (unpaired) electrons. The topological polar surface area (TPSA) is 60.7 Å². The van der Waals surface area contributed by atoms with Crippen molar-refractivity contribution in [3.8, 4) is 0 Å². The molecule has 0 amide bonds. The molecule has 2 saturated carbocycles. The van der Waals surface area contributed by atoms with Crippen LogP contribution in [0.5, 0.6) is 0 Å². The Morgan fingerprint density at radius 1 is 1.29 bits per heavy atom. The van der Waals surface area contributed by atoms with Crippen molar-refractivity contribution in [2.24, 2.45) is 17.3 Å². The van der Waals surface area contributed by atoms with Crippen molar-refractivity contribution >= 4 is 0 Å². The van der Waals surface area contributed by atoms with E-state index in [1.54, 1.807) is 5.57 Å². The molecular weight excluding hydrogens is 348 g/mol. The van der Waals surface area contributed by atoms with Crippen molar-refractivity contribution in [2.45, 2.75) is 91.5 Å². The molecule has 3 nitrogen and oxygen atoms in total. The fourth-order valence-corrected chi connectivity index (χ4v) is 4.72. The van der Waals surface area contributed by atoms with Crippen molar-refractivity contribution in [1.82, 2.24) is 0 Å². The first-order valence-corrected chi connectivity index (χ1v) is 10.8. The zero-order valence-electron chi connectivity index (χ0n) is 18.4. The molecule has 2 aliphatic rings. The highest BCUT2D eigenvalue weighted by Gasteiger charge is 2.38. The van der Waals surface area contributed by atoms with Crippen molar-refractivity contribution in [3.63, 3.8) is 0 Å². The Morgan fingerprint density at radius 2 is 1.96 bits per heavy atom. The molecule has 3 N–H and O–H groups in total. The van der Waals surface area contributed by atoms with Gasteiger partial charge in [0.25, 0.3) is 0 Å². The monoisotopic (exact) mass is 388 g/mol. The number of aliphatic hydroxyl groups excluding tert-OH is 3. The van der Waals surface area contributed by atoms with Gasteiger partial charge >= 0.3 is 0 Å². The number of aliphatic hydroxyl groups is 3. The predicted octanol–water partition coefficient (Wildman–Crippen LogP) is 5.09. The van der Waals surface area contributed by atoms with Crippen LogP contribution in [0.15, 0.2) is 47.1 Å². The highest BCUT2D eigenvalue weighted by molar-refractivity contribution is 5.37. The second kappa shape index (κ2) is 9.56. The molecule has 0 spiro atoms. The van der Waals surface area contributed by atoms with Gasteiger partial charge in [-0.25, -0.2) is 0 Å². The van der Waals surface area contributed by atoms with Crippen LogP contribution in [0.3, 0.4) is 0 Å². The van der Waals surface area contributed by atoms with E-state index in [0.29, 0.717) is 24.7 Å². The first-order valence-electron chi connectivity index (χ1n) is 10.8. The number of hydrogen-bond acceptors (Lipinski definition) is 3. The summed E-state index contributed by atoms with van der Waals surface area (Å²) in [6, 6.07) is 0. The second-order valence-electron chi connectivity index (χ2n) is 9.69. The third-order valence-electron chi connectivity index (χ3n) is 6.92. The molecule has 0 saturated heterocycles. The fourth-order valence-electron chi connectivity index (χ4n) is 4.72. The molecule has 0 aromatic carbocycles. The molecule has 2 fully saturated rings. The molecular formula is C25H40O3. The average Bonchev–Trinajstić information content (AvgIpc) is 2.90. The van der Waals surface area contributed by atoms with Crippen LogP contribution in [0.1, 0.15) is 73.1 Å². The Bertz CT molecular complexity index is 651. The van der Waals surface area contributed by atoms with E-state index in [0.717, 1.165) is 36.8 Å². The van der Waals surface area contributed by atoms with Gasteiger partial charge in [0.05, 0.1) is 18.3 Å². The molecule has 0 unspecified atom stereocenters. The predicted molar refractivity (Wildman–Crippen MR) is 117 cm³/mol. The minimum atomic E-state index is -0.635. The minimum absolute atomic E-state index is 0.116. The third-order valence-corrected chi connectivity index (χ3v) is 6.92. The zero-order valence-corrected chi connectivity index (χ0v) is 18.4. The quantitative estimate of drug-likeness (QED) is 0.555. The van der Waals surface area contributed by atoms with E-state index >= 15 is 0 Å². The molecule has 2 rings (SSSR count). The summed E-state index contributed by atoms with van der Waals surface area (Å²) in [6.45, 7) is 15.0. The lowest BCUT2D eigenvalue weighted by Gasteiger charge is -2.29. The number of hydrogen-bond donors (Lipinski definition) is 3. The maximum atomic E-state index is 10.1. The Morgan fingerprint density at radius 3 is 2.61 bits per heavy atom. The van der Waals surface area contributed by atoms with Gasteiger partial charge in [-0.15, -0.1) is 0 Å². The van der Waals surface area contributed by atoms with E-state index < -0.39 is 12.2 Å². The summed E-state index contributed by atoms with van der Waals surface area (Å²) >= 11 is 0.